The molecule has 8 heteroatoms. The number of amides is 1. The van der Waals surface area contributed by atoms with Crippen LogP contribution in [-0.4, -0.2) is 48.8 Å². The average Bonchev–Trinajstić information content (AvgIpc) is 2.90. The maximum Gasteiger partial charge on any atom is 0.254 e. The second-order valence-electron chi connectivity index (χ2n) is 8.72. The van der Waals surface area contributed by atoms with Gasteiger partial charge in [0.15, 0.2) is 0 Å². The molecule has 0 radical (unpaired) electrons. The Balaban J connectivity index is 1.34. The molecule has 3 aromatic heterocycles. The van der Waals surface area contributed by atoms with Gasteiger partial charge in [-0.1, -0.05) is 18.2 Å². The van der Waals surface area contributed by atoms with Crippen LogP contribution in [0.2, 0.25) is 0 Å². The fourth-order valence-electron chi connectivity index (χ4n) is 4.29. The Morgan fingerprint density at radius 1 is 1.06 bits per heavy atom. The SMILES string of the molecule is Cc1cc(Oc2ccccc2C)nc([C@@H]2CCCN(C(=O)c3ccnc(-c4cncnc4)c3)C2)n1. The molecule has 1 atom stereocenters. The molecule has 35 heavy (non-hydrogen) atoms. The van der Waals surface area contributed by atoms with Gasteiger partial charge in [-0.05, 0) is 50.5 Å². The van der Waals surface area contributed by atoms with Crippen molar-refractivity contribution in [2.45, 2.75) is 32.6 Å². The lowest BCUT2D eigenvalue weighted by molar-refractivity contribution is 0.0704. The van der Waals surface area contributed by atoms with Crippen LogP contribution in [0.1, 0.15) is 46.2 Å². The van der Waals surface area contributed by atoms with Gasteiger partial charge in [-0.15, -0.1) is 0 Å². The topological polar surface area (TPSA) is 94.0 Å². The highest BCUT2D eigenvalue weighted by Gasteiger charge is 2.28. The number of hydrogen-bond acceptors (Lipinski definition) is 7. The van der Waals surface area contributed by atoms with Crippen molar-refractivity contribution in [2.75, 3.05) is 13.1 Å². The molecule has 1 amide bonds. The van der Waals surface area contributed by atoms with Crippen molar-refractivity contribution in [1.82, 2.24) is 29.8 Å². The lowest BCUT2D eigenvalue weighted by atomic mass is 9.96. The molecule has 4 heterocycles. The van der Waals surface area contributed by atoms with E-state index in [1.807, 2.05) is 49.1 Å². The van der Waals surface area contributed by atoms with Crippen LogP contribution in [0.5, 0.6) is 11.6 Å². The second-order valence-corrected chi connectivity index (χ2v) is 8.72. The first kappa shape index (κ1) is 22.6. The van der Waals surface area contributed by atoms with Gasteiger partial charge in [-0.25, -0.2) is 15.0 Å². The normalized spacial score (nSPS) is 15.6. The molecule has 1 aliphatic heterocycles. The zero-order chi connectivity index (χ0) is 24.2. The van der Waals surface area contributed by atoms with Crippen LogP contribution < -0.4 is 4.74 Å². The van der Waals surface area contributed by atoms with Gasteiger partial charge >= 0.3 is 0 Å². The van der Waals surface area contributed by atoms with Crippen molar-refractivity contribution in [1.29, 1.82) is 0 Å². The molecule has 0 spiro atoms. The predicted octanol–water partition coefficient (Wildman–Crippen LogP) is 4.76. The fourth-order valence-corrected chi connectivity index (χ4v) is 4.29. The number of likely N-dealkylation sites (tertiary alicyclic amines) is 1. The molecule has 0 bridgehead atoms. The Hall–Kier alpha value is -4.20. The van der Waals surface area contributed by atoms with Crippen LogP contribution in [0.3, 0.4) is 0 Å². The summed E-state index contributed by atoms with van der Waals surface area (Å²) in [5.74, 6) is 2.02. The van der Waals surface area contributed by atoms with Crippen molar-refractivity contribution in [3.05, 3.63) is 90.0 Å². The standard InChI is InChI=1S/C27H26N6O2/c1-18-6-3-4-8-24(18)35-25-12-19(2)31-26(32-25)21-7-5-11-33(16-21)27(34)20-9-10-30-23(13-20)22-14-28-17-29-15-22/h3-4,6,8-10,12-15,17,21H,5,7,11,16H2,1-2H3/t21-/m1/s1. The highest BCUT2D eigenvalue weighted by molar-refractivity contribution is 5.95. The molecule has 1 fully saturated rings. The Labute approximate surface area is 204 Å². The van der Waals surface area contributed by atoms with Gasteiger partial charge in [0.2, 0.25) is 5.88 Å². The summed E-state index contributed by atoms with van der Waals surface area (Å²) in [5.41, 5.74) is 3.91. The lowest BCUT2D eigenvalue weighted by Gasteiger charge is -2.32. The molecule has 0 unspecified atom stereocenters. The number of pyridine rings is 1. The van der Waals surface area contributed by atoms with Gasteiger partial charge in [0.1, 0.15) is 17.9 Å². The molecule has 0 aliphatic carbocycles. The van der Waals surface area contributed by atoms with Gasteiger partial charge < -0.3 is 9.64 Å². The monoisotopic (exact) mass is 466 g/mol. The van der Waals surface area contributed by atoms with Crippen molar-refractivity contribution >= 4 is 5.91 Å². The number of ether oxygens (including phenoxy) is 1. The van der Waals surface area contributed by atoms with Crippen LogP contribution in [0.15, 0.2) is 67.4 Å². The zero-order valence-corrected chi connectivity index (χ0v) is 19.8. The third-order valence-electron chi connectivity index (χ3n) is 6.09. The maximum atomic E-state index is 13.4. The molecule has 1 aromatic carbocycles. The Bertz CT molecular complexity index is 1340. The van der Waals surface area contributed by atoms with E-state index in [0.717, 1.165) is 35.4 Å². The summed E-state index contributed by atoms with van der Waals surface area (Å²) in [4.78, 5) is 37.1. The Morgan fingerprint density at radius 3 is 2.71 bits per heavy atom. The van der Waals surface area contributed by atoms with E-state index >= 15 is 0 Å². The van der Waals surface area contributed by atoms with E-state index < -0.39 is 0 Å². The molecule has 5 rings (SSSR count). The van der Waals surface area contributed by atoms with Crippen LogP contribution in [0.4, 0.5) is 0 Å². The number of hydrogen-bond donors (Lipinski definition) is 0. The minimum absolute atomic E-state index is 0.0285. The predicted molar refractivity (Wildman–Crippen MR) is 131 cm³/mol. The summed E-state index contributed by atoms with van der Waals surface area (Å²) < 4.78 is 6.07. The van der Waals surface area contributed by atoms with Crippen molar-refractivity contribution in [3.63, 3.8) is 0 Å². The third kappa shape index (κ3) is 5.16. The number of piperidine rings is 1. The molecule has 0 N–H and O–H groups in total. The lowest BCUT2D eigenvalue weighted by Crippen LogP contribution is -2.39. The first-order valence-electron chi connectivity index (χ1n) is 11.7. The van der Waals surface area contributed by atoms with Crippen LogP contribution in [-0.2, 0) is 0 Å². The van der Waals surface area contributed by atoms with Crippen LogP contribution in [0, 0.1) is 13.8 Å². The van der Waals surface area contributed by atoms with Crippen molar-refractivity contribution in [3.8, 4) is 22.9 Å². The second kappa shape index (κ2) is 9.97. The molecule has 0 saturated carbocycles. The largest absolute Gasteiger partial charge is 0.439 e. The summed E-state index contributed by atoms with van der Waals surface area (Å²) in [6.45, 7) is 5.19. The minimum atomic E-state index is -0.0285. The molecular formula is C27H26N6O2. The summed E-state index contributed by atoms with van der Waals surface area (Å²) in [6, 6.07) is 13.2. The smallest absolute Gasteiger partial charge is 0.254 e. The highest BCUT2D eigenvalue weighted by atomic mass is 16.5. The van der Waals surface area contributed by atoms with Gasteiger partial charge in [-0.2, -0.15) is 4.98 Å². The first-order chi connectivity index (χ1) is 17.1. The Morgan fingerprint density at radius 2 is 1.89 bits per heavy atom. The fraction of sp³-hybridized carbons (Fsp3) is 0.259. The average molecular weight is 467 g/mol. The number of carbonyl (C=O) groups excluding carboxylic acids is 1. The van der Waals surface area contributed by atoms with Gasteiger partial charge in [-0.3, -0.25) is 9.78 Å². The number of carbonyl (C=O) groups is 1. The number of nitrogens with zero attached hydrogens (tertiary/aromatic N) is 6. The molecule has 1 saturated heterocycles. The van der Waals surface area contributed by atoms with Crippen LogP contribution >= 0.6 is 0 Å². The van der Waals surface area contributed by atoms with Gasteiger partial charge in [0.25, 0.3) is 5.91 Å². The zero-order valence-electron chi connectivity index (χ0n) is 19.8. The van der Waals surface area contributed by atoms with E-state index in [0.29, 0.717) is 36.1 Å². The molecule has 8 nitrogen and oxygen atoms in total. The van der Waals surface area contributed by atoms with E-state index in [1.54, 1.807) is 30.7 Å². The molecule has 1 aliphatic rings. The Kier molecular flexibility index (Phi) is 6.43. The van der Waals surface area contributed by atoms with E-state index in [-0.39, 0.29) is 11.8 Å². The van der Waals surface area contributed by atoms with Crippen molar-refractivity contribution in [2.24, 2.45) is 0 Å². The van der Waals surface area contributed by atoms with Crippen LogP contribution in [0.25, 0.3) is 11.3 Å². The quantitative estimate of drug-likeness (QED) is 0.419. The number of aryl methyl sites for hydroxylation is 2. The molecular weight excluding hydrogens is 440 g/mol. The van der Waals surface area contributed by atoms with Gasteiger partial charge in [0, 0.05) is 60.5 Å². The summed E-state index contributed by atoms with van der Waals surface area (Å²) in [6.07, 6.45) is 8.29. The third-order valence-corrected chi connectivity index (χ3v) is 6.09. The minimum Gasteiger partial charge on any atom is -0.439 e. The van der Waals surface area contributed by atoms with E-state index in [1.165, 1.54) is 6.33 Å². The summed E-state index contributed by atoms with van der Waals surface area (Å²) >= 11 is 0. The summed E-state index contributed by atoms with van der Waals surface area (Å²) in [5, 5.41) is 0. The van der Waals surface area contributed by atoms with Gasteiger partial charge in [0.05, 0.1) is 5.69 Å². The number of aromatic nitrogens is 5. The molecule has 176 valence electrons. The first-order valence-corrected chi connectivity index (χ1v) is 11.7. The number of rotatable bonds is 5. The van der Waals surface area contributed by atoms with E-state index in [4.69, 9.17) is 9.72 Å². The highest BCUT2D eigenvalue weighted by Crippen LogP contribution is 2.29. The summed E-state index contributed by atoms with van der Waals surface area (Å²) in [7, 11) is 0. The molecule has 4 aromatic rings. The van der Waals surface area contributed by atoms with E-state index in [2.05, 4.69) is 19.9 Å². The van der Waals surface area contributed by atoms with Crippen molar-refractivity contribution < 1.29 is 9.53 Å². The maximum absolute atomic E-state index is 13.4. The van der Waals surface area contributed by atoms with E-state index in [9.17, 15) is 4.79 Å². The number of benzene rings is 1. The number of para-hydroxylation sites is 1.